The number of nitrogens with two attached hydrogens (primary N) is 1. The summed E-state index contributed by atoms with van der Waals surface area (Å²) in [5.41, 5.74) is 7.60. The summed E-state index contributed by atoms with van der Waals surface area (Å²) in [5, 5.41) is 15.4. The maximum atomic E-state index is 8.93. The minimum atomic E-state index is 0.337. The first kappa shape index (κ1) is 17.2. The number of hydrogen-bond acceptors (Lipinski definition) is 7. The van der Waals surface area contributed by atoms with Crippen LogP contribution < -0.4 is 16.4 Å². The zero-order valence-electron chi connectivity index (χ0n) is 13.0. The number of anilines is 2. The van der Waals surface area contributed by atoms with Crippen LogP contribution in [0.1, 0.15) is 11.1 Å². The van der Waals surface area contributed by atoms with Crippen LogP contribution in [0.15, 0.2) is 47.4 Å². The molecule has 0 aliphatic heterocycles. The average Bonchev–Trinajstić information content (AvgIpc) is 2.61. The number of aromatic nitrogens is 2. The van der Waals surface area contributed by atoms with Gasteiger partial charge in [-0.3, -0.25) is 4.99 Å². The van der Waals surface area contributed by atoms with E-state index in [9.17, 15) is 0 Å². The second kappa shape index (κ2) is 8.50. The summed E-state index contributed by atoms with van der Waals surface area (Å²) in [6.07, 6.45) is 4.41. The molecule has 122 valence electrons. The summed E-state index contributed by atoms with van der Waals surface area (Å²) < 4.78 is 0. The summed E-state index contributed by atoms with van der Waals surface area (Å²) in [4.78, 5) is 12.3. The summed E-state index contributed by atoms with van der Waals surface area (Å²) >= 11 is 6.12. The van der Waals surface area contributed by atoms with E-state index in [4.69, 9.17) is 22.6 Å². The minimum Gasteiger partial charge on any atom is -0.403 e. The molecule has 0 aliphatic rings. The van der Waals surface area contributed by atoms with Crippen LogP contribution in [0.2, 0.25) is 5.02 Å². The highest BCUT2D eigenvalue weighted by atomic mass is 35.5. The summed E-state index contributed by atoms with van der Waals surface area (Å²) in [5.74, 6) is 0.811. The zero-order chi connectivity index (χ0) is 17.4. The zero-order valence-corrected chi connectivity index (χ0v) is 13.7. The fraction of sp³-hybridized carbons (Fsp3) is 0.125. The largest absolute Gasteiger partial charge is 0.403 e. The van der Waals surface area contributed by atoms with E-state index in [2.05, 4.69) is 31.7 Å². The molecule has 0 spiro atoms. The maximum absolute atomic E-state index is 8.93. The lowest BCUT2D eigenvalue weighted by atomic mass is 10.1. The Hall–Kier alpha value is -3.11. The molecule has 0 unspecified atom stereocenters. The minimum absolute atomic E-state index is 0.337. The van der Waals surface area contributed by atoms with Gasteiger partial charge >= 0.3 is 0 Å². The van der Waals surface area contributed by atoms with Gasteiger partial charge in [-0.15, -0.1) is 0 Å². The first-order chi connectivity index (χ1) is 11.7. The van der Waals surface area contributed by atoms with E-state index < -0.39 is 0 Å². The van der Waals surface area contributed by atoms with Gasteiger partial charge < -0.3 is 16.4 Å². The molecule has 0 saturated heterocycles. The SMILES string of the molecule is CN=C/C(=C\N)Nc1ncc(Cl)c(NCc2cccc(C#N)c2)n1. The lowest BCUT2D eigenvalue weighted by Crippen LogP contribution is -2.09. The molecule has 0 saturated carbocycles. The molecule has 1 heterocycles. The molecule has 2 aromatic rings. The second-order valence-electron chi connectivity index (χ2n) is 4.69. The number of benzene rings is 1. The molecule has 1 aromatic carbocycles. The van der Waals surface area contributed by atoms with Gasteiger partial charge in [-0.05, 0) is 17.7 Å². The Bertz CT molecular complexity index is 808. The van der Waals surface area contributed by atoms with E-state index in [1.807, 2.05) is 12.1 Å². The van der Waals surface area contributed by atoms with Crippen molar-refractivity contribution in [2.45, 2.75) is 6.54 Å². The van der Waals surface area contributed by atoms with Crippen molar-refractivity contribution in [3.8, 4) is 6.07 Å². The molecule has 0 atom stereocenters. The van der Waals surface area contributed by atoms with Crippen LogP contribution in [0.5, 0.6) is 0 Å². The van der Waals surface area contributed by atoms with Crippen LogP contribution in [0.4, 0.5) is 11.8 Å². The first-order valence-corrected chi connectivity index (χ1v) is 7.40. The lowest BCUT2D eigenvalue weighted by molar-refractivity contribution is 1.08. The van der Waals surface area contributed by atoms with E-state index >= 15 is 0 Å². The Morgan fingerprint density at radius 1 is 1.50 bits per heavy atom. The maximum Gasteiger partial charge on any atom is 0.229 e. The number of rotatable bonds is 6. The van der Waals surface area contributed by atoms with Crippen molar-refractivity contribution in [2.24, 2.45) is 10.7 Å². The average molecular weight is 342 g/mol. The smallest absolute Gasteiger partial charge is 0.229 e. The van der Waals surface area contributed by atoms with Crippen molar-refractivity contribution < 1.29 is 0 Å². The predicted molar refractivity (Wildman–Crippen MR) is 95.8 cm³/mol. The van der Waals surface area contributed by atoms with E-state index in [-0.39, 0.29) is 0 Å². The van der Waals surface area contributed by atoms with Gasteiger partial charge in [0.15, 0.2) is 5.82 Å². The fourth-order valence-corrected chi connectivity index (χ4v) is 2.03. The Labute approximate surface area is 144 Å². The number of nitriles is 1. The van der Waals surface area contributed by atoms with E-state index in [0.29, 0.717) is 34.6 Å². The third kappa shape index (κ3) is 4.69. The van der Waals surface area contributed by atoms with Crippen molar-refractivity contribution >= 4 is 29.6 Å². The third-order valence-corrected chi connectivity index (χ3v) is 3.24. The molecule has 0 bridgehead atoms. The molecule has 4 N–H and O–H groups in total. The molecule has 0 aliphatic carbocycles. The molecule has 1 aromatic heterocycles. The Morgan fingerprint density at radius 2 is 2.33 bits per heavy atom. The van der Waals surface area contributed by atoms with Gasteiger partial charge in [0.25, 0.3) is 0 Å². The molecule has 0 fully saturated rings. The van der Waals surface area contributed by atoms with Crippen LogP contribution in [-0.2, 0) is 6.54 Å². The van der Waals surface area contributed by atoms with Gasteiger partial charge in [0.05, 0.1) is 23.5 Å². The van der Waals surface area contributed by atoms with Crippen molar-refractivity contribution in [1.29, 1.82) is 5.26 Å². The van der Waals surface area contributed by atoms with Gasteiger partial charge in [-0.1, -0.05) is 23.7 Å². The van der Waals surface area contributed by atoms with Gasteiger partial charge in [-0.25, -0.2) is 4.98 Å². The van der Waals surface area contributed by atoms with Gasteiger partial charge in [0.2, 0.25) is 5.95 Å². The topological polar surface area (TPSA) is 112 Å². The molecular formula is C16H16ClN7. The lowest BCUT2D eigenvalue weighted by Gasteiger charge is -2.10. The molecule has 8 heteroatoms. The number of hydrogen-bond donors (Lipinski definition) is 3. The highest BCUT2D eigenvalue weighted by Gasteiger charge is 2.06. The normalized spacial score (nSPS) is 11.3. The summed E-state index contributed by atoms with van der Waals surface area (Å²) in [6, 6.07) is 9.39. The van der Waals surface area contributed by atoms with Crippen molar-refractivity contribution in [1.82, 2.24) is 9.97 Å². The molecule has 2 rings (SSSR count). The Morgan fingerprint density at radius 3 is 3.04 bits per heavy atom. The molecule has 7 nitrogen and oxygen atoms in total. The Balaban J connectivity index is 2.12. The highest BCUT2D eigenvalue weighted by molar-refractivity contribution is 6.32. The van der Waals surface area contributed by atoms with Crippen LogP contribution in [0, 0.1) is 11.3 Å². The van der Waals surface area contributed by atoms with Crippen molar-refractivity contribution in [3.05, 3.63) is 58.5 Å². The first-order valence-electron chi connectivity index (χ1n) is 7.02. The van der Waals surface area contributed by atoms with Crippen molar-refractivity contribution in [2.75, 3.05) is 17.7 Å². The molecule has 0 amide bonds. The van der Waals surface area contributed by atoms with Crippen LogP contribution in [0.25, 0.3) is 0 Å². The number of allylic oxidation sites excluding steroid dienone is 1. The number of halogens is 1. The van der Waals surface area contributed by atoms with Gasteiger partial charge in [-0.2, -0.15) is 10.2 Å². The number of aliphatic imine (C=N–C) groups is 1. The predicted octanol–water partition coefficient (Wildman–Crippen LogP) is 2.53. The molecule has 0 radical (unpaired) electrons. The summed E-state index contributed by atoms with van der Waals surface area (Å²) in [6.45, 7) is 0.474. The standard InChI is InChI=1S/C16H16ClN7/c1-20-9-13(7-19)23-16-22-10-14(17)15(24-16)21-8-12-4-2-3-11(5-12)6-18/h2-5,7,9-10H,8,19H2,1H3,(H2,21,22,23,24)/b13-7+,20-9?. The van der Waals surface area contributed by atoms with Crippen molar-refractivity contribution in [3.63, 3.8) is 0 Å². The Kier molecular flexibility index (Phi) is 6.11. The van der Waals surface area contributed by atoms with Crippen LogP contribution >= 0.6 is 11.6 Å². The van der Waals surface area contributed by atoms with Crippen LogP contribution in [-0.4, -0.2) is 23.2 Å². The van der Waals surface area contributed by atoms with E-state index in [1.54, 1.807) is 25.4 Å². The highest BCUT2D eigenvalue weighted by Crippen LogP contribution is 2.20. The quantitative estimate of drug-likeness (QED) is 0.696. The summed E-state index contributed by atoms with van der Waals surface area (Å²) in [7, 11) is 1.64. The van der Waals surface area contributed by atoms with E-state index in [0.717, 1.165) is 5.56 Å². The third-order valence-electron chi connectivity index (χ3n) is 2.96. The van der Waals surface area contributed by atoms with Crippen LogP contribution in [0.3, 0.4) is 0 Å². The van der Waals surface area contributed by atoms with Gasteiger partial charge in [0, 0.05) is 26.0 Å². The van der Waals surface area contributed by atoms with E-state index in [1.165, 1.54) is 12.4 Å². The molecular weight excluding hydrogens is 326 g/mol. The second-order valence-corrected chi connectivity index (χ2v) is 5.10. The number of nitrogens with zero attached hydrogens (tertiary/aromatic N) is 4. The number of nitrogens with one attached hydrogen (secondary N) is 2. The monoisotopic (exact) mass is 341 g/mol. The van der Waals surface area contributed by atoms with Gasteiger partial charge in [0.1, 0.15) is 5.02 Å². The fourth-order valence-electron chi connectivity index (χ4n) is 1.87. The molecule has 24 heavy (non-hydrogen) atoms.